The molecule has 1 rings (SSSR count). The average molecular weight is 272 g/mol. The molecule has 4 heteroatoms. The highest BCUT2D eigenvalue weighted by atomic mass is 32.2. The summed E-state index contributed by atoms with van der Waals surface area (Å²) in [5.41, 5.74) is 7.14. The fourth-order valence-electron chi connectivity index (χ4n) is 1.60. The molecule has 0 aliphatic carbocycles. The molecule has 0 spiro atoms. The second-order valence-corrected chi connectivity index (χ2v) is 7.44. The van der Waals surface area contributed by atoms with Crippen LogP contribution in [-0.2, 0) is 11.3 Å². The normalized spacial score (nSPS) is 12.4. The smallest absolute Gasteiger partial charge is 0.103 e. The van der Waals surface area contributed by atoms with Crippen molar-refractivity contribution in [3.63, 3.8) is 0 Å². The van der Waals surface area contributed by atoms with Crippen LogP contribution in [0.2, 0.25) is 0 Å². The second kappa shape index (κ2) is 6.21. The van der Waals surface area contributed by atoms with Crippen molar-refractivity contribution >= 4 is 23.1 Å². The molecule has 0 saturated heterocycles. The van der Waals surface area contributed by atoms with E-state index in [1.165, 1.54) is 27.8 Å². The maximum atomic E-state index is 6.23. The molecule has 0 unspecified atom stereocenters. The summed E-state index contributed by atoms with van der Waals surface area (Å²) in [6.45, 7) is 10.7. The maximum Gasteiger partial charge on any atom is 0.103 e. The largest absolute Gasteiger partial charge is 0.321 e. The molecule has 0 fully saturated rings. The fourth-order valence-corrected chi connectivity index (χ4v) is 3.78. The highest BCUT2D eigenvalue weighted by Crippen LogP contribution is 2.33. The Morgan fingerprint density at radius 2 is 2.06 bits per heavy atom. The third kappa shape index (κ3) is 4.27. The van der Waals surface area contributed by atoms with Crippen molar-refractivity contribution in [3.8, 4) is 0 Å². The average Bonchev–Trinajstić information content (AvgIpc) is 2.62. The summed E-state index contributed by atoms with van der Waals surface area (Å²) in [7, 11) is 0. The number of nitrogens with zero attached hydrogens (tertiary/aromatic N) is 1. The third-order valence-corrected chi connectivity index (χ3v) is 5.17. The first-order valence-electron chi connectivity index (χ1n) is 6.23. The molecule has 98 valence electrons. The predicted octanol–water partition coefficient (Wildman–Crippen LogP) is 4.10. The number of aromatic nitrogens is 1. The van der Waals surface area contributed by atoms with Crippen LogP contribution in [0.1, 0.15) is 62.5 Å². The Morgan fingerprint density at radius 1 is 1.41 bits per heavy atom. The number of rotatable bonds is 6. The van der Waals surface area contributed by atoms with Crippen molar-refractivity contribution in [3.05, 3.63) is 15.6 Å². The van der Waals surface area contributed by atoms with E-state index < -0.39 is 0 Å². The molecule has 2 N–H and O–H groups in total. The van der Waals surface area contributed by atoms with Crippen molar-refractivity contribution in [2.75, 3.05) is 5.75 Å². The van der Waals surface area contributed by atoms with E-state index in [0.717, 1.165) is 5.75 Å². The topological polar surface area (TPSA) is 38.9 Å². The number of thioether (sulfide) groups is 1. The fraction of sp³-hybridized carbons (Fsp3) is 0.769. The summed E-state index contributed by atoms with van der Waals surface area (Å²) >= 11 is 3.75. The highest BCUT2D eigenvalue weighted by Gasteiger charge is 2.24. The molecule has 0 bridgehead atoms. The van der Waals surface area contributed by atoms with Crippen LogP contribution in [0.25, 0.3) is 0 Å². The number of nitrogens with two attached hydrogens (primary N) is 1. The Hall–Kier alpha value is -0.0600. The summed E-state index contributed by atoms with van der Waals surface area (Å²) in [5, 5.41) is 1.22. The lowest BCUT2D eigenvalue weighted by molar-refractivity contribution is 0.553. The first-order valence-corrected chi connectivity index (χ1v) is 8.20. The Bertz CT molecular complexity index is 351. The Morgan fingerprint density at radius 3 is 2.47 bits per heavy atom. The summed E-state index contributed by atoms with van der Waals surface area (Å²) in [6.07, 6.45) is 1.22. The quantitative estimate of drug-likeness (QED) is 0.792. The highest BCUT2D eigenvalue weighted by molar-refractivity contribution is 7.98. The van der Waals surface area contributed by atoms with Crippen LogP contribution in [0, 0.1) is 0 Å². The third-order valence-electron chi connectivity index (χ3n) is 2.40. The van der Waals surface area contributed by atoms with E-state index in [2.05, 4.69) is 34.6 Å². The zero-order valence-electron chi connectivity index (χ0n) is 11.5. The van der Waals surface area contributed by atoms with Crippen molar-refractivity contribution in [2.24, 2.45) is 5.73 Å². The van der Waals surface area contributed by atoms with Gasteiger partial charge in [-0.25, -0.2) is 4.98 Å². The van der Waals surface area contributed by atoms with E-state index in [-0.39, 0.29) is 5.54 Å². The van der Waals surface area contributed by atoms with E-state index in [4.69, 9.17) is 10.7 Å². The zero-order chi connectivity index (χ0) is 13.1. The first kappa shape index (κ1) is 15.0. The van der Waals surface area contributed by atoms with Gasteiger partial charge in [0.1, 0.15) is 5.01 Å². The van der Waals surface area contributed by atoms with Crippen LogP contribution in [0.15, 0.2) is 0 Å². The summed E-state index contributed by atoms with van der Waals surface area (Å²) in [6, 6.07) is 0. The van der Waals surface area contributed by atoms with Crippen LogP contribution in [0.5, 0.6) is 0 Å². The van der Waals surface area contributed by atoms with Crippen molar-refractivity contribution in [2.45, 2.75) is 58.2 Å². The van der Waals surface area contributed by atoms with Crippen molar-refractivity contribution < 1.29 is 0 Å². The van der Waals surface area contributed by atoms with E-state index >= 15 is 0 Å². The Kier molecular flexibility index (Phi) is 5.48. The molecule has 0 aromatic carbocycles. The summed E-state index contributed by atoms with van der Waals surface area (Å²) < 4.78 is 0. The molecule has 17 heavy (non-hydrogen) atoms. The molecule has 1 aromatic rings. The number of thiazole rings is 1. The van der Waals surface area contributed by atoms with Gasteiger partial charge in [-0.3, -0.25) is 0 Å². The molecular formula is C13H24N2S2. The van der Waals surface area contributed by atoms with Gasteiger partial charge < -0.3 is 5.73 Å². The minimum absolute atomic E-state index is 0.273. The van der Waals surface area contributed by atoms with Crippen LogP contribution in [0.3, 0.4) is 0 Å². The van der Waals surface area contributed by atoms with Gasteiger partial charge in [-0.2, -0.15) is 11.8 Å². The lowest BCUT2D eigenvalue weighted by Crippen LogP contribution is -2.28. The predicted molar refractivity (Wildman–Crippen MR) is 79.9 cm³/mol. The molecule has 0 radical (unpaired) electrons. The van der Waals surface area contributed by atoms with E-state index in [0.29, 0.717) is 5.92 Å². The van der Waals surface area contributed by atoms with Crippen LogP contribution in [-0.4, -0.2) is 10.7 Å². The summed E-state index contributed by atoms with van der Waals surface area (Å²) in [5.74, 6) is 2.68. The van der Waals surface area contributed by atoms with Gasteiger partial charge in [0.2, 0.25) is 0 Å². The molecule has 0 saturated carbocycles. The van der Waals surface area contributed by atoms with Gasteiger partial charge in [-0.1, -0.05) is 20.8 Å². The Labute approximate surface area is 113 Å². The lowest BCUT2D eigenvalue weighted by atomic mass is 9.98. The molecule has 1 aromatic heterocycles. The molecule has 0 amide bonds. The van der Waals surface area contributed by atoms with E-state index in [1.54, 1.807) is 11.3 Å². The second-order valence-electron chi connectivity index (χ2n) is 5.25. The van der Waals surface area contributed by atoms with Crippen LogP contribution >= 0.6 is 23.1 Å². The summed E-state index contributed by atoms with van der Waals surface area (Å²) in [4.78, 5) is 6.02. The zero-order valence-corrected chi connectivity index (χ0v) is 13.2. The van der Waals surface area contributed by atoms with Crippen molar-refractivity contribution in [1.82, 2.24) is 4.98 Å². The van der Waals surface area contributed by atoms with Crippen LogP contribution in [0.4, 0.5) is 0 Å². The molecule has 0 aliphatic heterocycles. The molecule has 0 atom stereocenters. The van der Waals surface area contributed by atoms with Gasteiger partial charge in [0, 0.05) is 16.2 Å². The lowest BCUT2D eigenvalue weighted by Gasteiger charge is -2.19. The Balaban J connectivity index is 2.89. The minimum Gasteiger partial charge on any atom is -0.321 e. The van der Waals surface area contributed by atoms with Crippen molar-refractivity contribution in [1.29, 1.82) is 0 Å². The van der Waals surface area contributed by atoms with Gasteiger partial charge in [0.05, 0.1) is 5.69 Å². The number of hydrogen-bond acceptors (Lipinski definition) is 4. The molecule has 1 heterocycles. The first-order chi connectivity index (χ1) is 7.86. The standard InChI is InChI=1S/C13H24N2S2/c1-6-7-16-8-10-15-11(9(2)3)12(17-10)13(4,5)14/h9H,6-8,14H2,1-5H3. The number of hydrogen-bond donors (Lipinski definition) is 1. The maximum absolute atomic E-state index is 6.23. The molecular weight excluding hydrogens is 248 g/mol. The van der Waals surface area contributed by atoms with Gasteiger partial charge in [0.15, 0.2) is 0 Å². The van der Waals surface area contributed by atoms with Gasteiger partial charge in [-0.05, 0) is 31.9 Å². The molecule has 2 nitrogen and oxygen atoms in total. The van der Waals surface area contributed by atoms with E-state index in [9.17, 15) is 0 Å². The SMILES string of the molecule is CCCSCc1nc(C(C)C)c(C(C)(C)N)s1. The van der Waals surface area contributed by atoms with E-state index in [1.807, 2.05) is 11.8 Å². The van der Waals surface area contributed by atoms with Crippen LogP contribution < -0.4 is 5.73 Å². The van der Waals surface area contributed by atoms with Gasteiger partial charge >= 0.3 is 0 Å². The monoisotopic (exact) mass is 272 g/mol. The van der Waals surface area contributed by atoms with Gasteiger partial charge in [0.25, 0.3) is 0 Å². The minimum atomic E-state index is -0.273. The molecule has 0 aliphatic rings. The van der Waals surface area contributed by atoms with Gasteiger partial charge in [-0.15, -0.1) is 11.3 Å².